The van der Waals surface area contributed by atoms with E-state index in [0.29, 0.717) is 6.54 Å². The van der Waals surface area contributed by atoms with Crippen LogP contribution in [0.1, 0.15) is 26.5 Å². The van der Waals surface area contributed by atoms with Crippen LogP contribution in [-0.2, 0) is 13.1 Å². The Bertz CT molecular complexity index is 272. The first-order valence-electron chi connectivity index (χ1n) is 4.97. The van der Waals surface area contributed by atoms with Crippen LogP contribution in [0, 0.1) is 0 Å². The lowest BCUT2D eigenvalue weighted by molar-refractivity contribution is 0.421. The number of rotatable bonds is 4. The average Bonchev–Trinajstić information content (AvgIpc) is 2.49. The van der Waals surface area contributed by atoms with Gasteiger partial charge in [0.25, 0.3) is 0 Å². The Kier molecular flexibility index (Phi) is 3.66. The van der Waals surface area contributed by atoms with Crippen molar-refractivity contribution in [3.63, 3.8) is 0 Å². The van der Waals surface area contributed by atoms with Gasteiger partial charge in [0.2, 0.25) is 0 Å². The second kappa shape index (κ2) is 4.57. The summed E-state index contributed by atoms with van der Waals surface area (Å²) in [5.74, 6) is 0. The van der Waals surface area contributed by atoms with E-state index in [4.69, 9.17) is 5.73 Å². The van der Waals surface area contributed by atoms with Gasteiger partial charge in [-0.2, -0.15) is 0 Å². The van der Waals surface area contributed by atoms with E-state index in [-0.39, 0.29) is 5.54 Å². The number of hydrogen-bond acceptors (Lipinski definition) is 3. The van der Waals surface area contributed by atoms with Crippen molar-refractivity contribution in [2.75, 3.05) is 6.54 Å². The molecule has 0 aliphatic rings. The Hall–Kier alpha value is -0.870. The van der Waals surface area contributed by atoms with Gasteiger partial charge in [-0.05, 0) is 20.8 Å². The van der Waals surface area contributed by atoms with Gasteiger partial charge in [0, 0.05) is 31.4 Å². The molecule has 14 heavy (non-hydrogen) atoms. The minimum absolute atomic E-state index is 0.137. The van der Waals surface area contributed by atoms with Crippen LogP contribution in [0.2, 0.25) is 0 Å². The summed E-state index contributed by atoms with van der Waals surface area (Å²) in [7, 11) is 0. The van der Waals surface area contributed by atoms with Crippen molar-refractivity contribution in [2.24, 2.45) is 5.73 Å². The van der Waals surface area contributed by atoms with Crippen molar-refractivity contribution in [2.45, 2.75) is 39.4 Å². The molecule has 3 N–H and O–H groups in total. The first kappa shape index (κ1) is 11.2. The molecule has 0 bridgehead atoms. The third-order valence-corrected chi connectivity index (χ3v) is 1.87. The fourth-order valence-electron chi connectivity index (χ4n) is 1.12. The molecule has 0 saturated heterocycles. The first-order chi connectivity index (χ1) is 6.51. The smallest absolute Gasteiger partial charge is 0.0950 e. The van der Waals surface area contributed by atoms with Crippen molar-refractivity contribution >= 4 is 0 Å². The van der Waals surface area contributed by atoms with E-state index < -0.39 is 0 Å². The van der Waals surface area contributed by atoms with Crippen LogP contribution in [0.15, 0.2) is 12.5 Å². The highest BCUT2D eigenvalue weighted by molar-refractivity contribution is 4.97. The molecule has 1 aromatic heterocycles. The van der Waals surface area contributed by atoms with Crippen molar-refractivity contribution < 1.29 is 0 Å². The van der Waals surface area contributed by atoms with Crippen molar-refractivity contribution in [3.05, 3.63) is 18.2 Å². The lowest BCUT2D eigenvalue weighted by atomic mass is 10.1. The van der Waals surface area contributed by atoms with Crippen molar-refractivity contribution in [1.29, 1.82) is 0 Å². The molecule has 4 nitrogen and oxygen atoms in total. The molecular formula is C10H20N4. The van der Waals surface area contributed by atoms with Crippen LogP contribution in [-0.4, -0.2) is 21.6 Å². The molecule has 0 radical (unpaired) electrons. The molecule has 0 aliphatic heterocycles. The quantitative estimate of drug-likeness (QED) is 0.746. The summed E-state index contributed by atoms with van der Waals surface area (Å²) >= 11 is 0. The van der Waals surface area contributed by atoms with E-state index >= 15 is 0 Å². The Morgan fingerprint density at radius 3 is 2.79 bits per heavy atom. The summed E-state index contributed by atoms with van der Waals surface area (Å²) < 4.78 is 2.01. The van der Waals surface area contributed by atoms with E-state index in [1.807, 2.05) is 17.1 Å². The standard InChI is InChI=1S/C10H20N4/c1-10(2,3)13-6-9-7-14(5-4-11)8-12-9/h7-8,13H,4-6,11H2,1-3H3. The Morgan fingerprint density at radius 2 is 2.21 bits per heavy atom. The molecule has 1 rings (SSSR count). The second-order valence-electron chi connectivity index (χ2n) is 4.50. The molecule has 0 fully saturated rings. The highest BCUT2D eigenvalue weighted by Crippen LogP contribution is 2.02. The van der Waals surface area contributed by atoms with Crippen molar-refractivity contribution in [3.8, 4) is 0 Å². The molecule has 0 amide bonds. The Labute approximate surface area is 85.5 Å². The minimum Gasteiger partial charge on any atom is -0.336 e. The minimum atomic E-state index is 0.137. The molecule has 1 heterocycles. The Balaban J connectivity index is 2.44. The van der Waals surface area contributed by atoms with E-state index in [2.05, 4.69) is 31.1 Å². The van der Waals surface area contributed by atoms with Gasteiger partial charge in [0.1, 0.15) is 0 Å². The highest BCUT2D eigenvalue weighted by atomic mass is 15.1. The van der Waals surface area contributed by atoms with E-state index in [1.54, 1.807) is 0 Å². The summed E-state index contributed by atoms with van der Waals surface area (Å²) in [6, 6.07) is 0. The topological polar surface area (TPSA) is 55.9 Å². The number of nitrogens with one attached hydrogen (secondary N) is 1. The fraction of sp³-hybridized carbons (Fsp3) is 0.700. The lowest BCUT2D eigenvalue weighted by Crippen LogP contribution is -2.35. The monoisotopic (exact) mass is 196 g/mol. The fourth-order valence-corrected chi connectivity index (χ4v) is 1.12. The van der Waals surface area contributed by atoms with E-state index in [1.165, 1.54) is 0 Å². The SMILES string of the molecule is CC(C)(C)NCc1cn(CCN)cn1. The molecule has 0 aromatic carbocycles. The van der Waals surface area contributed by atoms with Crippen LogP contribution >= 0.6 is 0 Å². The maximum Gasteiger partial charge on any atom is 0.0950 e. The van der Waals surface area contributed by atoms with Crippen LogP contribution in [0.3, 0.4) is 0 Å². The van der Waals surface area contributed by atoms with Gasteiger partial charge in [-0.25, -0.2) is 4.98 Å². The highest BCUT2D eigenvalue weighted by Gasteiger charge is 2.09. The van der Waals surface area contributed by atoms with Gasteiger partial charge in [-0.1, -0.05) is 0 Å². The summed E-state index contributed by atoms with van der Waals surface area (Å²) in [5, 5.41) is 3.39. The molecule has 1 aromatic rings. The zero-order valence-electron chi connectivity index (χ0n) is 9.25. The number of nitrogens with zero attached hydrogens (tertiary/aromatic N) is 2. The number of imidazole rings is 1. The summed E-state index contributed by atoms with van der Waals surface area (Å²) in [4.78, 5) is 4.28. The van der Waals surface area contributed by atoms with Gasteiger partial charge < -0.3 is 15.6 Å². The molecular weight excluding hydrogens is 176 g/mol. The summed E-state index contributed by atoms with van der Waals surface area (Å²) in [6.45, 7) is 8.73. The maximum absolute atomic E-state index is 5.45. The first-order valence-corrected chi connectivity index (χ1v) is 4.97. The molecule has 0 saturated carbocycles. The molecule has 0 atom stereocenters. The van der Waals surface area contributed by atoms with Crippen molar-refractivity contribution in [1.82, 2.24) is 14.9 Å². The lowest BCUT2D eigenvalue weighted by Gasteiger charge is -2.19. The third-order valence-electron chi connectivity index (χ3n) is 1.87. The number of hydrogen-bond donors (Lipinski definition) is 2. The second-order valence-corrected chi connectivity index (χ2v) is 4.50. The number of nitrogens with two attached hydrogens (primary N) is 1. The zero-order chi connectivity index (χ0) is 10.6. The van der Waals surface area contributed by atoms with Gasteiger partial charge in [-0.15, -0.1) is 0 Å². The molecule has 4 heteroatoms. The normalized spacial score (nSPS) is 12.0. The largest absolute Gasteiger partial charge is 0.336 e. The molecule has 0 aliphatic carbocycles. The van der Waals surface area contributed by atoms with Crippen LogP contribution in [0.5, 0.6) is 0 Å². The van der Waals surface area contributed by atoms with Gasteiger partial charge in [-0.3, -0.25) is 0 Å². The zero-order valence-corrected chi connectivity index (χ0v) is 9.25. The van der Waals surface area contributed by atoms with Crippen LogP contribution in [0.25, 0.3) is 0 Å². The van der Waals surface area contributed by atoms with Gasteiger partial charge in [0.15, 0.2) is 0 Å². The van der Waals surface area contributed by atoms with Gasteiger partial charge >= 0.3 is 0 Å². The predicted molar refractivity (Wildman–Crippen MR) is 57.9 cm³/mol. The van der Waals surface area contributed by atoms with Crippen LogP contribution < -0.4 is 11.1 Å². The average molecular weight is 196 g/mol. The number of aromatic nitrogens is 2. The van der Waals surface area contributed by atoms with Crippen LogP contribution in [0.4, 0.5) is 0 Å². The third kappa shape index (κ3) is 3.89. The summed E-state index contributed by atoms with van der Waals surface area (Å²) in [6.07, 6.45) is 3.86. The molecule has 0 spiro atoms. The Morgan fingerprint density at radius 1 is 1.50 bits per heavy atom. The maximum atomic E-state index is 5.45. The van der Waals surface area contributed by atoms with E-state index in [0.717, 1.165) is 18.8 Å². The predicted octanol–water partition coefficient (Wildman–Crippen LogP) is 0.730. The molecule has 0 unspecified atom stereocenters. The summed E-state index contributed by atoms with van der Waals surface area (Å²) in [5.41, 5.74) is 6.65. The van der Waals surface area contributed by atoms with E-state index in [9.17, 15) is 0 Å². The molecule has 80 valence electrons. The van der Waals surface area contributed by atoms with Gasteiger partial charge in [0.05, 0.1) is 12.0 Å².